The van der Waals surface area contributed by atoms with E-state index in [-0.39, 0.29) is 12.2 Å². The zero-order valence-corrected chi connectivity index (χ0v) is 14.3. The molecule has 3 rings (SSSR count). The van der Waals surface area contributed by atoms with Crippen molar-refractivity contribution >= 4 is 5.91 Å². The average Bonchev–Trinajstić information content (AvgIpc) is 3.15. The summed E-state index contributed by atoms with van der Waals surface area (Å²) in [5.41, 5.74) is 1.32. The summed E-state index contributed by atoms with van der Waals surface area (Å²) in [6.07, 6.45) is 4.07. The number of likely N-dealkylation sites (tertiary alicyclic amines) is 1. The van der Waals surface area contributed by atoms with E-state index >= 15 is 0 Å². The normalized spacial score (nSPS) is 20.3. The van der Waals surface area contributed by atoms with Gasteiger partial charge in [-0.1, -0.05) is 30.3 Å². The Bertz CT molecular complexity index is 495. The lowest BCUT2D eigenvalue weighted by atomic mass is 9.96. The highest BCUT2D eigenvalue weighted by molar-refractivity contribution is 5.77. The van der Waals surface area contributed by atoms with Crippen LogP contribution in [0.25, 0.3) is 0 Å². The van der Waals surface area contributed by atoms with Gasteiger partial charge in [-0.3, -0.25) is 9.69 Å². The molecule has 1 N–H and O–H groups in total. The molecule has 0 radical (unpaired) electrons. The molecule has 2 saturated heterocycles. The SMILES string of the molecule is O=C(CN1CCC(C2OCCO2)CC1)NCCCc1ccccc1. The Balaban J connectivity index is 1.27. The lowest BCUT2D eigenvalue weighted by molar-refractivity contribution is -0.124. The highest BCUT2D eigenvalue weighted by Crippen LogP contribution is 2.25. The lowest BCUT2D eigenvalue weighted by Gasteiger charge is -2.33. The molecule has 5 nitrogen and oxygen atoms in total. The highest BCUT2D eigenvalue weighted by atomic mass is 16.7. The maximum Gasteiger partial charge on any atom is 0.234 e. The molecule has 0 aliphatic carbocycles. The number of ether oxygens (including phenoxy) is 2. The largest absolute Gasteiger partial charge is 0.355 e. The molecule has 132 valence electrons. The average molecular weight is 332 g/mol. The number of hydrogen-bond acceptors (Lipinski definition) is 4. The second-order valence-corrected chi connectivity index (χ2v) is 6.66. The van der Waals surface area contributed by atoms with Gasteiger partial charge in [0.05, 0.1) is 19.8 Å². The van der Waals surface area contributed by atoms with Gasteiger partial charge >= 0.3 is 0 Å². The zero-order chi connectivity index (χ0) is 16.6. The van der Waals surface area contributed by atoms with E-state index in [0.29, 0.717) is 12.5 Å². The number of nitrogens with one attached hydrogen (secondary N) is 1. The van der Waals surface area contributed by atoms with Crippen LogP contribution in [0.4, 0.5) is 0 Å². The van der Waals surface area contributed by atoms with Gasteiger partial charge in [0, 0.05) is 12.5 Å². The number of rotatable bonds is 7. The minimum Gasteiger partial charge on any atom is -0.355 e. The van der Waals surface area contributed by atoms with Crippen molar-refractivity contribution < 1.29 is 14.3 Å². The topological polar surface area (TPSA) is 50.8 Å². The third-order valence-corrected chi connectivity index (χ3v) is 4.84. The van der Waals surface area contributed by atoms with Gasteiger partial charge in [-0.2, -0.15) is 0 Å². The van der Waals surface area contributed by atoms with Crippen molar-refractivity contribution in [1.82, 2.24) is 10.2 Å². The smallest absolute Gasteiger partial charge is 0.234 e. The standard InChI is InChI=1S/C19H28N2O3/c22-18(20-10-4-7-16-5-2-1-3-6-16)15-21-11-8-17(9-12-21)19-23-13-14-24-19/h1-3,5-6,17,19H,4,7-15H2,(H,20,22). The first kappa shape index (κ1) is 17.4. The predicted octanol–water partition coefficient (Wildman–Crippen LogP) is 1.82. The van der Waals surface area contributed by atoms with Gasteiger partial charge in [0.15, 0.2) is 6.29 Å². The van der Waals surface area contributed by atoms with Crippen molar-refractivity contribution in [3.63, 3.8) is 0 Å². The van der Waals surface area contributed by atoms with E-state index in [1.54, 1.807) is 0 Å². The van der Waals surface area contributed by atoms with Crippen molar-refractivity contribution in [1.29, 1.82) is 0 Å². The van der Waals surface area contributed by atoms with Crippen LogP contribution >= 0.6 is 0 Å². The molecule has 0 bridgehead atoms. The summed E-state index contributed by atoms with van der Waals surface area (Å²) in [7, 11) is 0. The number of amides is 1. The van der Waals surface area contributed by atoms with Gasteiger partial charge in [0.25, 0.3) is 0 Å². The maximum atomic E-state index is 12.1. The van der Waals surface area contributed by atoms with E-state index in [9.17, 15) is 4.79 Å². The Hall–Kier alpha value is -1.43. The summed E-state index contributed by atoms with van der Waals surface area (Å²) in [5.74, 6) is 0.618. The summed E-state index contributed by atoms with van der Waals surface area (Å²) in [5, 5.41) is 3.04. The van der Waals surface area contributed by atoms with Crippen LogP contribution in [0.15, 0.2) is 30.3 Å². The number of benzene rings is 1. The van der Waals surface area contributed by atoms with Crippen LogP contribution in [-0.4, -0.2) is 56.5 Å². The van der Waals surface area contributed by atoms with Crippen LogP contribution < -0.4 is 5.32 Å². The molecule has 1 aromatic carbocycles. The van der Waals surface area contributed by atoms with Gasteiger partial charge < -0.3 is 14.8 Å². The molecule has 2 aliphatic rings. The maximum absolute atomic E-state index is 12.1. The second-order valence-electron chi connectivity index (χ2n) is 6.66. The molecule has 2 fully saturated rings. The molecule has 0 atom stereocenters. The van der Waals surface area contributed by atoms with Crippen molar-refractivity contribution in [3.05, 3.63) is 35.9 Å². The van der Waals surface area contributed by atoms with Gasteiger partial charge in [0.1, 0.15) is 0 Å². The third-order valence-electron chi connectivity index (χ3n) is 4.84. The van der Waals surface area contributed by atoms with Crippen LogP contribution in [0, 0.1) is 5.92 Å². The van der Waals surface area contributed by atoms with E-state index in [0.717, 1.165) is 58.5 Å². The van der Waals surface area contributed by atoms with E-state index in [2.05, 4.69) is 34.5 Å². The first-order valence-electron chi connectivity index (χ1n) is 9.07. The van der Waals surface area contributed by atoms with Crippen molar-refractivity contribution in [2.45, 2.75) is 32.0 Å². The summed E-state index contributed by atoms with van der Waals surface area (Å²) >= 11 is 0. The Morgan fingerprint density at radius 2 is 1.83 bits per heavy atom. The minimum absolute atomic E-state index is 0.0148. The van der Waals surface area contributed by atoms with Crippen molar-refractivity contribution in [2.24, 2.45) is 5.92 Å². The first-order chi connectivity index (χ1) is 11.8. The summed E-state index contributed by atoms with van der Waals surface area (Å²) in [6.45, 7) is 4.58. The predicted molar refractivity (Wildman–Crippen MR) is 92.6 cm³/mol. The fourth-order valence-corrected chi connectivity index (χ4v) is 3.46. The fourth-order valence-electron chi connectivity index (χ4n) is 3.46. The monoisotopic (exact) mass is 332 g/mol. The van der Waals surface area contributed by atoms with E-state index < -0.39 is 0 Å². The molecule has 0 aromatic heterocycles. The van der Waals surface area contributed by atoms with Gasteiger partial charge in [-0.05, 0) is 44.3 Å². The third kappa shape index (κ3) is 5.30. The molecule has 0 spiro atoms. The number of hydrogen-bond donors (Lipinski definition) is 1. The molecular formula is C19H28N2O3. The zero-order valence-electron chi connectivity index (χ0n) is 14.3. The molecule has 1 amide bonds. The molecule has 0 saturated carbocycles. The summed E-state index contributed by atoms with van der Waals surface area (Å²) < 4.78 is 11.2. The number of nitrogens with zero attached hydrogens (tertiary/aromatic N) is 1. The molecule has 2 heterocycles. The second kappa shape index (κ2) is 9.16. The van der Waals surface area contributed by atoms with Gasteiger partial charge in [-0.15, -0.1) is 0 Å². The van der Waals surface area contributed by atoms with Gasteiger partial charge in [0.2, 0.25) is 5.91 Å². The Morgan fingerprint density at radius 3 is 2.54 bits per heavy atom. The molecule has 5 heteroatoms. The Morgan fingerprint density at radius 1 is 1.12 bits per heavy atom. The Kier molecular flexibility index (Phi) is 6.64. The van der Waals surface area contributed by atoms with Crippen LogP contribution in [0.2, 0.25) is 0 Å². The van der Waals surface area contributed by atoms with Crippen LogP contribution in [-0.2, 0) is 20.7 Å². The number of piperidine rings is 1. The van der Waals surface area contributed by atoms with Gasteiger partial charge in [-0.25, -0.2) is 0 Å². The van der Waals surface area contributed by atoms with Crippen molar-refractivity contribution in [2.75, 3.05) is 39.4 Å². The summed E-state index contributed by atoms with van der Waals surface area (Å²) in [6, 6.07) is 10.4. The molecule has 24 heavy (non-hydrogen) atoms. The van der Waals surface area contributed by atoms with Crippen LogP contribution in [0.3, 0.4) is 0 Å². The quantitative estimate of drug-likeness (QED) is 0.774. The van der Waals surface area contributed by atoms with E-state index in [4.69, 9.17) is 9.47 Å². The minimum atomic E-state index is -0.0148. The molecular weight excluding hydrogens is 304 g/mol. The number of carbonyl (C=O) groups excluding carboxylic acids is 1. The first-order valence-corrected chi connectivity index (χ1v) is 9.07. The van der Waals surface area contributed by atoms with E-state index in [1.165, 1.54) is 5.56 Å². The molecule has 0 unspecified atom stereocenters. The van der Waals surface area contributed by atoms with Crippen LogP contribution in [0.1, 0.15) is 24.8 Å². The summed E-state index contributed by atoms with van der Waals surface area (Å²) in [4.78, 5) is 14.3. The van der Waals surface area contributed by atoms with E-state index in [1.807, 2.05) is 6.07 Å². The van der Waals surface area contributed by atoms with Crippen molar-refractivity contribution in [3.8, 4) is 0 Å². The fraction of sp³-hybridized carbons (Fsp3) is 0.632. The highest BCUT2D eigenvalue weighted by Gasteiger charge is 2.30. The number of carbonyl (C=O) groups is 1. The van der Waals surface area contributed by atoms with Crippen LogP contribution in [0.5, 0.6) is 0 Å². The number of aryl methyl sites for hydroxylation is 1. The lowest BCUT2D eigenvalue weighted by Crippen LogP contribution is -2.43. The molecule has 1 aromatic rings. The molecule has 2 aliphatic heterocycles. The Labute approximate surface area is 144 Å².